The summed E-state index contributed by atoms with van der Waals surface area (Å²) >= 11 is 0. The van der Waals surface area contributed by atoms with Crippen molar-refractivity contribution in [1.82, 2.24) is 6.15 Å². The van der Waals surface area contributed by atoms with E-state index in [-0.39, 0.29) is 18.5 Å². The molecule has 0 radical (unpaired) electrons. The van der Waals surface area contributed by atoms with Crippen LogP contribution in [-0.4, -0.2) is 6.15 Å². The minimum atomic E-state index is 0. The second-order valence-corrected chi connectivity index (χ2v) is 0.0833. The maximum absolute atomic E-state index is 8.12. The topological polar surface area (TPSA) is 69.1 Å². The van der Waals surface area contributed by atoms with Crippen LogP contribution in [0.2, 0.25) is 0 Å². The summed E-state index contributed by atoms with van der Waals surface area (Å²) in [6.07, 6.45) is 0.250. The fraction of sp³-hybridized carbons (Fsp3) is 0. The summed E-state index contributed by atoms with van der Waals surface area (Å²) < 4.78 is 0. The summed E-state index contributed by atoms with van der Waals surface area (Å²) in [6.45, 7) is 0. The van der Waals surface area contributed by atoms with E-state index >= 15 is 0 Å². The van der Waals surface area contributed by atoms with Gasteiger partial charge in [0.05, 0.1) is 0 Å². The Morgan fingerprint density at radius 3 is 1.20 bits per heavy atom. The van der Waals surface area contributed by atoms with E-state index in [1.807, 2.05) is 0 Å². The van der Waals surface area contributed by atoms with E-state index in [4.69, 9.17) is 9.59 Å². The molecule has 0 atom stereocenters. The summed E-state index contributed by atoms with van der Waals surface area (Å²) in [5.74, 6) is 0. The van der Waals surface area contributed by atoms with Crippen LogP contribution in [0, 0.1) is 6.15 Å². The Labute approximate surface area is 29.3 Å². The zero-order valence-electron chi connectivity index (χ0n) is 2.73. The Morgan fingerprint density at radius 2 is 1.20 bits per heavy atom. The third-order valence-electron chi connectivity index (χ3n) is 0. The second kappa shape index (κ2) is 265. The van der Waals surface area contributed by atoms with Gasteiger partial charge in [0.25, 0.3) is 0 Å². The first-order valence-electron chi connectivity index (χ1n) is 0.408. The molecule has 0 aromatic carbocycles. The number of hydrogen-bond donors (Lipinski definition) is 1. The van der Waals surface area contributed by atoms with Gasteiger partial charge in [0.1, 0.15) is 0 Å². The van der Waals surface area contributed by atoms with E-state index in [1.54, 1.807) is 0 Å². The molecule has 0 aliphatic rings. The Morgan fingerprint density at radius 1 is 1.20 bits per heavy atom. The molecule has 0 aromatic heterocycles. The van der Waals surface area contributed by atoms with Gasteiger partial charge >= 0.3 is 6.15 Å². The molecule has 0 fully saturated rings. The van der Waals surface area contributed by atoms with Crippen molar-refractivity contribution in [2.24, 2.45) is 0 Å². The molecule has 0 aromatic rings. The third kappa shape index (κ3) is 8.99. The van der Waals surface area contributed by atoms with E-state index in [0.717, 1.165) is 0 Å². The second-order valence-electron chi connectivity index (χ2n) is 0.0833. The minimum absolute atomic E-state index is 0. The van der Waals surface area contributed by atoms with Crippen LogP contribution in [0.25, 0.3) is 0 Å². The van der Waals surface area contributed by atoms with Gasteiger partial charge in [0.15, 0.2) is 0 Å². The van der Waals surface area contributed by atoms with Crippen molar-refractivity contribution in [1.29, 1.82) is 0 Å². The Hall–Kier alpha value is -0.751. The number of hydrogen-bond acceptors (Lipinski definition) is 3. The van der Waals surface area contributed by atoms with Crippen molar-refractivity contribution in [2.45, 2.75) is 0 Å². The SMILES string of the molecule is N.O=C=O.[He]. The van der Waals surface area contributed by atoms with Crippen molar-refractivity contribution in [2.75, 3.05) is 0 Å². The van der Waals surface area contributed by atoms with Crippen LogP contribution in [-0.2, 0) is 9.59 Å². The maximum Gasteiger partial charge on any atom is 0.373 e. The normalized spacial score (nSPS) is 1.60. The van der Waals surface area contributed by atoms with Crippen LogP contribution < -0.4 is 6.15 Å². The summed E-state index contributed by atoms with van der Waals surface area (Å²) in [7, 11) is 0. The Bertz CT molecular complexity index is 30.6. The van der Waals surface area contributed by atoms with Gasteiger partial charge in [-0.1, -0.05) is 0 Å². The third-order valence-corrected chi connectivity index (χ3v) is 0. The summed E-state index contributed by atoms with van der Waals surface area (Å²) in [4.78, 5) is 16.2. The molecule has 26 valence electrons. The van der Waals surface area contributed by atoms with Crippen molar-refractivity contribution in [3.63, 3.8) is 0 Å². The maximum atomic E-state index is 8.12. The predicted molar refractivity (Wildman–Crippen MR) is 10.0 cm³/mol. The van der Waals surface area contributed by atoms with Crippen LogP contribution in [0.4, 0.5) is 0 Å². The summed E-state index contributed by atoms with van der Waals surface area (Å²) in [6, 6.07) is 0. The molecule has 3 nitrogen and oxygen atoms in total. The zero-order chi connectivity index (χ0) is 2.71. The van der Waals surface area contributed by atoms with E-state index in [2.05, 4.69) is 0 Å². The average Bonchev–Trinajstić information content (AvgIpc) is 0.918. The fourth-order valence-electron chi connectivity index (χ4n) is 0. The molecule has 0 saturated heterocycles. The first-order chi connectivity index (χ1) is 1.41. The van der Waals surface area contributed by atoms with Gasteiger partial charge < -0.3 is 6.15 Å². The molecule has 0 amide bonds. The average molecular weight is 65.0 g/mol. The predicted octanol–water partition coefficient (Wildman–Crippen LogP) is -0.422. The molecule has 0 bridgehead atoms. The van der Waals surface area contributed by atoms with Gasteiger partial charge in [-0.2, -0.15) is 9.59 Å². The van der Waals surface area contributed by atoms with Gasteiger partial charge in [-0.15, -0.1) is 0 Å². The minimum Gasteiger partial charge on any atom is -0.344 e. The Kier molecular flexibility index (Phi) is 1520. The van der Waals surface area contributed by atoms with Crippen molar-refractivity contribution in [3.8, 4) is 0 Å². The number of carbonyl (C=O) groups excluding carboxylic acids is 2. The molecule has 3 N–H and O–H groups in total. The summed E-state index contributed by atoms with van der Waals surface area (Å²) in [5, 5.41) is 0. The molecular weight excluding hydrogens is 62.0 g/mol. The smallest absolute Gasteiger partial charge is 0.344 e. The van der Waals surface area contributed by atoms with E-state index in [0.29, 0.717) is 0 Å². The summed E-state index contributed by atoms with van der Waals surface area (Å²) in [5.41, 5.74) is 0. The molecule has 4 heteroatoms. The van der Waals surface area contributed by atoms with E-state index in [1.165, 1.54) is 0 Å². The van der Waals surface area contributed by atoms with Gasteiger partial charge in [-0.3, -0.25) is 0 Å². The molecule has 0 aliphatic carbocycles. The molecule has 0 unspecified atom stereocenters. The largest absolute Gasteiger partial charge is 0.373 e. The molecule has 0 heterocycles. The first-order valence-corrected chi connectivity index (χ1v) is 0.408. The van der Waals surface area contributed by atoms with Crippen molar-refractivity contribution >= 4 is 6.15 Å². The van der Waals surface area contributed by atoms with Crippen molar-refractivity contribution in [3.05, 3.63) is 0 Å². The van der Waals surface area contributed by atoms with Crippen LogP contribution in [0.15, 0.2) is 0 Å². The Balaban J connectivity index is -0.0000000200. The molecule has 5 heavy (non-hydrogen) atoms. The molecule has 0 aliphatic heterocycles. The zero-order valence-corrected chi connectivity index (χ0v) is 2.73. The van der Waals surface area contributed by atoms with Gasteiger partial charge in [-0.05, 0) is 0 Å². The van der Waals surface area contributed by atoms with Gasteiger partial charge in [0, 0.05) is 6.15 Å². The molecular formula is CH3HeNO2. The molecule has 0 saturated carbocycles. The van der Waals surface area contributed by atoms with Crippen LogP contribution in [0.5, 0.6) is 0 Å². The molecule has 0 spiro atoms. The van der Waals surface area contributed by atoms with Crippen LogP contribution >= 0.6 is 0 Å². The van der Waals surface area contributed by atoms with Gasteiger partial charge in [0.2, 0.25) is 0 Å². The first kappa shape index (κ1) is 28.7. The van der Waals surface area contributed by atoms with Crippen LogP contribution in [0.1, 0.15) is 0 Å². The van der Waals surface area contributed by atoms with Gasteiger partial charge in [-0.25, -0.2) is 0 Å². The standard InChI is InChI=1S/CO2.He.H3N/c2-1-3;;/h;;1H3. The van der Waals surface area contributed by atoms with Crippen molar-refractivity contribution < 1.29 is 15.7 Å². The van der Waals surface area contributed by atoms with Crippen LogP contribution in [0.3, 0.4) is 0 Å². The number of rotatable bonds is 0. The quantitative estimate of drug-likeness (QED) is 0.416. The monoisotopic (exact) mass is 65.0 g/mol. The van der Waals surface area contributed by atoms with E-state index < -0.39 is 0 Å². The molecule has 0 rings (SSSR count). The van der Waals surface area contributed by atoms with E-state index in [9.17, 15) is 0 Å². The fourth-order valence-corrected chi connectivity index (χ4v) is 0.